The molecule has 0 bridgehead atoms. The fourth-order valence-electron chi connectivity index (χ4n) is 3.19. The Labute approximate surface area is 157 Å². The van der Waals surface area contributed by atoms with E-state index in [4.69, 9.17) is 11.5 Å². The molecule has 0 aliphatic carbocycles. The van der Waals surface area contributed by atoms with E-state index in [1.165, 1.54) is 0 Å². The first-order valence-electron chi connectivity index (χ1n) is 8.85. The molecule has 6 N–H and O–H groups in total. The Hall–Kier alpha value is -3.12. The molecule has 6 nitrogen and oxygen atoms in total. The van der Waals surface area contributed by atoms with Crippen molar-refractivity contribution in [2.24, 2.45) is 11.5 Å². The highest BCUT2D eigenvalue weighted by Gasteiger charge is 2.34. The summed E-state index contributed by atoms with van der Waals surface area (Å²) in [5.41, 5.74) is 13.3. The number of benzene rings is 2. The maximum atomic E-state index is 12.7. The summed E-state index contributed by atoms with van der Waals surface area (Å²) in [5, 5.41) is 3.78. The van der Waals surface area contributed by atoms with Crippen LogP contribution in [0.1, 0.15) is 18.1 Å². The zero-order chi connectivity index (χ0) is 19.4. The first-order chi connectivity index (χ1) is 12.9. The van der Waals surface area contributed by atoms with Gasteiger partial charge < -0.3 is 21.8 Å². The summed E-state index contributed by atoms with van der Waals surface area (Å²) in [6, 6.07) is 16.5. The Kier molecular flexibility index (Phi) is 5.28. The van der Waals surface area contributed by atoms with Crippen molar-refractivity contribution >= 4 is 22.7 Å². The topological polar surface area (TPSA) is 114 Å². The van der Waals surface area contributed by atoms with Crippen molar-refractivity contribution in [1.29, 1.82) is 0 Å². The van der Waals surface area contributed by atoms with Crippen molar-refractivity contribution in [2.75, 3.05) is 0 Å². The average molecular weight is 364 g/mol. The molecule has 6 heteroatoms. The van der Waals surface area contributed by atoms with E-state index in [9.17, 15) is 9.59 Å². The largest absolute Gasteiger partial charge is 0.368 e. The maximum absolute atomic E-state index is 12.7. The summed E-state index contributed by atoms with van der Waals surface area (Å²) in [5.74, 6) is -1.00. The zero-order valence-corrected chi connectivity index (χ0v) is 15.2. The van der Waals surface area contributed by atoms with Crippen molar-refractivity contribution in [3.05, 3.63) is 71.9 Å². The Morgan fingerprint density at radius 1 is 1.11 bits per heavy atom. The molecule has 0 saturated heterocycles. The van der Waals surface area contributed by atoms with Gasteiger partial charge in [0.15, 0.2) is 0 Å². The van der Waals surface area contributed by atoms with Gasteiger partial charge in [0.1, 0.15) is 5.54 Å². The number of primary amides is 1. The van der Waals surface area contributed by atoms with Crippen molar-refractivity contribution in [3.8, 4) is 0 Å². The van der Waals surface area contributed by atoms with Gasteiger partial charge in [-0.15, -0.1) is 0 Å². The van der Waals surface area contributed by atoms with Crippen LogP contribution < -0.4 is 16.8 Å². The molecule has 0 spiro atoms. The number of carbonyl (C=O) groups excluding carboxylic acids is 2. The molecular weight excluding hydrogens is 340 g/mol. The third-order valence-corrected chi connectivity index (χ3v) is 4.79. The van der Waals surface area contributed by atoms with Crippen LogP contribution >= 0.6 is 0 Å². The van der Waals surface area contributed by atoms with E-state index in [1.807, 2.05) is 60.8 Å². The quantitative estimate of drug-likeness (QED) is 0.511. The van der Waals surface area contributed by atoms with Crippen LogP contribution in [0.3, 0.4) is 0 Å². The third kappa shape index (κ3) is 4.17. The minimum absolute atomic E-state index is 0.300. The van der Waals surface area contributed by atoms with Gasteiger partial charge in [-0.3, -0.25) is 9.59 Å². The van der Waals surface area contributed by atoms with E-state index < -0.39 is 23.4 Å². The lowest BCUT2D eigenvalue weighted by atomic mass is 9.91. The summed E-state index contributed by atoms with van der Waals surface area (Å²) < 4.78 is 0. The molecule has 0 saturated carbocycles. The lowest BCUT2D eigenvalue weighted by Gasteiger charge is -2.29. The molecule has 1 aromatic heterocycles. The number of aromatic nitrogens is 1. The van der Waals surface area contributed by atoms with E-state index in [-0.39, 0.29) is 0 Å². The molecule has 0 aliphatic rings. The van der Waals surface area contributed by atoms with E-state index in [2.05, 4.69) is 10.3 Å². The number of fused-ring (bicyclic) bond motifs is 1. The Morgan fingerprint density at radius 3 is 2.48 bits per heavy atom. The van der Waals surface area contributed by atoms with Crippen molar-refractivity contribution in [1.82, 2.24) is 10.3 Å². The number of nitrogens with two attached hydrogens (primary N) is 2. The fraction of sp³-hybridized carbons (Fsp3) is 0.238. The van der Waals surface area contributed by atoms with Gasteiger partial charge in [-0.05, 0) is 30.5 Å². The Bertz CT molecular complexity index is 951. The van der Waals surface area contributed by atoms with Gasteiger partial charge in [-0.1, -0.05) is 48.5 Å². The number of aromatic amines is 1. The molecule has 2 atom stereocenters. The SMILES string of the molecule is C[C@](Cc1ccccc1)(NC(=O)[C@@H](N)Cc1c[nH]c2ccccc12)C(N)=O. The number of nitrogens with one attached hydrogen (secondary N) is 2. The number of amides is 2. The molecule has 2 amide bonds. The van der Waals surface area contributed by atoms with Gasteiger partial charge in [0, 0.05) is 23.5 Å². The van der Waals surface area contributed by atoms with Gasteiger partial charge >= 0.3 is 0 Å². The van der Waals surface area contributed by atoms with Gasteiger partial charge in [-0.25, -0.2) is 0 Å². The first kappa shape index (κ1) is 18.7. The minimum Gasteiger partial charge on any atom is -0.368 e. The zero-order valence-electron chi connectivity index (χ0n) is 15.2. The molecule has 0 aliphatic heterocycles. The highest BCUT2D eigenvalue weighted by Crippen LogP contribution is 2.19. The summed E-state index contributed by atoms with van der Waals surface area (Å²) in [4.78, 5) is 27.9. The third-order valence-electron chi connectivity index (χ3n) is 4.79. The summed E-state index contributed by atoms with van der Waals surface area (Å²) in [6.45, 7) is 1.62. The molecule has 140 valence electrons. The monoisotopic (exact) mass is 364 g/mol. The van der Waals surface area contributed by atoms with Gasteiger partial charge in [0.05, 0.1) is 6.04 Å². The Balaban J connectivity index is 1.72. The van der Waals surface area contributed by atoms with Crippen LogP contribution in [0.25, 0.3) is 10.9 Å². The number of rotatable bonds is 7. The highest BCUT2D eigenvalue weighted by atomic mass is 16.2. The smallest absolute Gasteiger partial charge is 0.243 e. The second kappa shape index (κ2) is 7.63. The maximum Gasteiger partial charge on any atom is 0.243 e. The predicted molar refractivity (Wildman–Crippen MR) is 106 cm³/mol. The van der Waals surface area contributed by atoms with Crippen LogP contribution in [-0.2, 0) is 22.4 Å². The van der Waals surface area contributed by atoms with Gasteiger partial charge in [0.2, 0.25) is 11.8 Å². The number of carbonyl (C=O) groups is 2. The molecule has 0 fully saturated rings. The molecular formula is C21H24N4O2. The van der Waals surface area contributed by atoms with Crippen LogP contribution in [0.15, 0.2) is 60.8 Å². The number of hydrogen-bond acceptors (Lipinski definition) is 3. The normalized spacial score (nSPS) is 14.4. The van der Waals surface area contributed by atoms with Gasteiger partial charge in [0.25, 0.3) is 0 Å². The molecule has 3 rings (SSSR count). The average Bonchev–Trinajstić information content (AvgIpc) is 3.05. The lowest BCUT2D eigenvalue weighted by Crippen LogP contribution is -2.60. The summed E-state index contributed by atoms with van der Waals surface area (Å²) in [7, 11) is 0. The van der Waals surface area contributed by atoms with Crippen molar-refractivity contribution in [3.63, 3.8) is 0 Å². The van der Waals surface area contributed by atoms with Crippen molar-refractivity contribution < 1.29 is 9.59 Å². The van der Waals surface area contributed by atoms with E-state index >= 15 is 0 Å². The molecule has 0 radical (unpaired) electrons. The fourth-order valence-corrected chi connectivity index (χ4v) is 3.19. The second-order valence-electron chi connectivity index (χ2n) is 7.02. The second-order valence-corrected chi connectivity index (χ2v) is 7.02. The predicted octanol–water partition coefficient (Wildman–Crippen LogP) is 1.64. The van der Waals surface area contributed by atoms with Crippen LogP contribution in [0.2, 0.25) is 0 Å². The van der Waals surface area contributed by atoms with Crippen LogP contribution in [0.4, 0.5) is 0 Å². The van der Waals surface area contributed by atoms with Crippen LogP contribution in [-0.4, -0.2) is 28.4 Å². The minimum atomic E-state index is -1.21. The van der Waals surface area contributed by atoms with Crippen LogP contribution in [0, 0.1) is 0 Å². The first-order valence-corrected chi connectivity index (χ1v) is 8.85. The highest BCUT2D eigenvalue weighted by molar-refractivity contribution is 5.92. The Morgan fingerprint density at radius 2 is 1.78 bits per heavy atom. The summed E-state index contributed by atoms with van der Waals surface area (Å²) >= 11 is 0. The molecule has 27 heavy (non-hydrogen) atoms. The number of hydrogen-bond donors (Lipinski definition) is 4. The summed E-state index contributed by atoms with van der Waals surface area (Å²) in [6.07, 6.45) is 2.51. The van der Waals surface area contributed by atoms with E-state index in [0.29, 0.717) is 12.8 Å². The molecule has 3 aromatic rings. The lowest BCUT2D eigenvalue weighted by molar-refractivity contribution is -0.131. The molecule has 2 aromatic carbocycles. The number of H-pyrrole nitrogens is 1. The standard InChI is InChI=1S/C21H24N4O2/c1-21(20(23)27,12-14-7-3-2-4-8-14)25-19(26)17(22)11-15-13-24-18-10-6-5-9-16(15)18/h2-10,13,17,24H,11-12,22H2,1H3,(H2,23,27)(H,25,26)/t17-,21+/m0/s1. The van der Waals surface area contributed by atoms with Crippen LogP contribution in [0.5, 0.6) is 0 Å². The molecule has 1 heterocycles. The van der Waals surface area contributed by atoms with Gasteiger partial charge in [-0.2, -0.15) is 0 Å². The number of para-hydroxylation sites is 1. The van der Waals surface area contributed by atoms with Crippen molar-refractivity contribution in [2.45, 2.75) is 31.3 Å². The molecule has 0 unspecified atom stereocenters. The van der Waals surface area contributed by atoms with E-state index in [0.717, 1.165) is 22.0 Å². The van der Waals surface area contributed by atoms with E-state index in [1.54, 1.807) is 6.92 Å².